The molecule has 4 unspecified atom stereocenters. The zero-order chi connectivity index (χ0) is 19.0. The van der Waals surface area contributed by atoms with Crippen LogP contribution in [0.1, 0.15) is 47.9 Å². The van der Waals surface area contributed by atoms with Crippen LogP contribution in [-0.4, -0.2) is 36.9 Å². The van der Waals surface area contributed by atoms with Crippen LogP contribution in [0.5, 0.6) is 0 Å². The van der Waals surface area contributed by atoms with E-state index in [2.05, 4.69) is 29.6 Å². The standard InChI is InChI=1S/C23H24N2O2/c1-4-25(5-2)21(27)22-17-13-9-8-12-16(17)18-14-10-6-7-11-15(14)19(22)23(18,22)20(26)24-3/h6-13,18-19H,4-5H2,1-3H3,(H,24,26). The molecular weight excluding hydrogens is 336 g/mol. The van der Waals surface area contributed by atoms with E-state index in [4.69, 9.17) is 0 Å². The Morgan fingerprint density at radius 1 is 0.963 bits per heavy atom. The number of benzene rings is 2. The minimum atomic E-state index is -0.769. The maximum absolute atomic E-state index is 13.9. The van der Waals surface area contributed by atoms with Gasteiger partial charge in [0.15, 0.2) is 0 Å². The van der Waals surface area contributed by atoms with Crippen LogP contribution in [0.2, 0.25) is 0 Å². The predicted octanol–water partition coefficient (Wildman–Crippen LogP) is 2.78. The zero-order valence-corrected chi connectivity index (χ0v) is 16.0. The average molecular weight is 360 g/mol. The Kier molecular flexibility index (Phi) is 3.20. The van der Waals surface area contributed by atoms with E-state index in [1.165, 1.54) is 11.1 Å². The molecule has 3 aliphatic rings. The van der Waals surface area contributed by atoms with E-state index >= 15 is 0 Å². The average Bonchev–Trinajstić information content (AvgIpc) is 3.14. The third kappa shape index (κ3) is 1.50. The number of amides is 2. The molecule has 5 rings (SSSR count). The monoisotopic (exact) mass is 360 g/mol. The normalized spacial score (nSPS) is 30.9. The highest BCUT2D eigenvalue weighted by atomic mass is 16.2. The van der Waals surface area contributed by atoms with Crippen molar-refractivity contribution < 1.29 is 9.59 Å². The summed E-state index contributed by atoms with van der Waals surface area (Å²) in [6, 6.07) is 16.5. The topological polar surface area (TPSA) is 49.4 Å². The lowest BCUT2D eigenvalue weighted by atomic mass is 9.81. The first-order valence-corrected chi connectivity index (χ1v) is 9.82. The van der Waals surface area contributed by atoms with Gasteiger partial charge in [-0.25, -0.2) is 0 Å². The lowest BCUT2D eigenvalue weighted by Gasteiger charge is -2.28. The number of carbonyl (C=O) groups excluding carboxylic acids is 2. The fourth-order valence-electron chi connectivity index (χ4n) is 6.37. The van der Waals surface area contributed by atoms with Crippen LogP contribution in [0.15, 0.2) is 48.5 Å². The molecule has 2 aromatic rings. The van der Waals surface area contributed by atoms with Crippen molar-refractivity contribution in [3.8, 4) is 0 Å². The first kappa shape index (κ1) is 16.5. The Hall–Kier alpha value is -2.62. The summed E-state index contributed by atoms with van der Waals surface area (Å²) in [6.45, 7) is 5.33. The lowest BCUT2D eigenvalue weighted by molar-refractivity contribution is -0.138. The van der Waals surface area contributed by atoms with Gasteiger partial charge in [-0.15, -0.1) is 0 Å². The van der Waals surface area contributed by atoms with E-state index < -0.39 is 10.8 Å². The second-order valence-corrected chi connectivity index (χ2v) is 7.82. The molecule has 0 spiro atoms. The lowest BCUT2D eigenvalue weighted by Crippen LogP contribution is -2.45. The van der Waals surface area contributed by atoms with Gasteiger partial charge < -0.3 is 10.2 Å². The maximum Gasteiger partial charge on any atom is 0.235 e. The molecule has 2 amide bonds. The quantitative estimate of drug-likeness (QED) is 0.911. The Morgan fingerprint density at radius 2 is 1.56 bits per heavy atom. The third-order valence-electron chi connectivity index (χ3n) is 7.22. The number of rotatable bonds is 4. The van der Waals surface area contributed by atoms with Crippen LogP contribution in [-0.2, 0) is 15.0 Å². The summed E-state index contributed by atoms with van der Waals surface area (Å²) in [7, 11) is 1.69. The number of nitrogens with zero attached hydrogens (tertiary/aromatic N) is 1. The van der Waals surface area contributed by atoms with Crippen molar-refractivity contribution in [2.45, 2.75) is 31.1 Å². The van der Waals surface area contributed by atoms with Crippen molar-refractivity contribution in [1.29, 1.82) is 0 Å². The van der Waals surface area contributed by atoms with Crippen molar-refractivity contribution in [3.05, 3.63) is 70.8 Å². The van der Waals surface area contributed by atoms with Gasteiger partial charge in [-0.05, 0) is 36.1 Å². The van der Waals surface area contributed by atoms with Crippen molar-refractivity contribution in [3.63, 3.8) is 0 Å². The number of nitrogens with one attached hydrogen (secondary N) is 1. The summed E-state index contributed by atoms with van der Waals surface area (Å²) in [5.41, 5.74) is 3.07. The molecule has 0 aliphatic heterocycles. The maximum atomic E-state index is 13.9. The molecule has 0 radical (unpaired) electrons. The molecular formula is C23H24N2O2. The van der Waals surface area contributed by atoms with E-state index in [0.29, 0.717) is 13.1 Å². The van der Waals surface area contributed by atoms with Crippen LogP contribution in [0.25, 0.3) is 0 Å². The van der Waals surface area contributed by atoms with Gasteiger partial charge in [0.05, 0.1) is 10.8 Å². The van der Waals surface area contributed by atoms with Gasteiger partial charge in [0.2, 0.25) is 11.8 Å². The molecule has 0 heterocycles. The molecule has 4 nitrogen and oxygen atoms in total. The Balaban J connectivity index is 1.85. The highest BCUT2D eigenvalue weighted by Crippen LogP contribution is 2.89. The Morgan fingerprint density at radius 3 is 2.19 bits per heavy atom. The van der Waals surface area contributed by atoms with Gasteiger partial charge >= 0.3 is 0 Å². The highest BCUT2D eigenvalue weighted by Gasteiger charge is 2.93. The van der Waals surface area contributed by atoms with E-state index in [1.54, 1.807) is 7.05 Å². The first-order valence-electron chi connectivity index (χ1n) is 9.82. The molecule has 27 heavy (non-hydrogen) atoms. The summed E-state index contributed by atoms with van der Waals surface area (Å²) in [6.07, 6.45) is 0. The Labute approximate surface area is 159 Å². The highest BCUT2D eigenvalue weighted by molar-refractivity contribution is 6.11. The van der Waals surface area contributed by atoms with Gasteiger partial charge in [0.1, 0.15) is 0 Å². The predicted molar refractivity (Wildman–Crippen MR) is 104 cm³/mol. The molecule has 0 bridgehead atoms. The molecule has 0 saturated heterocycles. The van der Waals surface area contributed by atoms with Crippen molar-refractivity contribution in [1.82, 2.24) is 10.2 Å². The van der Waals surface area contributed by atoms with Gasteiger partial charge in [-0.2, -0.15) is 0 Å². The van der Waals surface area contributed by atoms with Gasteiger partial charge in [-0.1, -0.05) is 48.5 Å². The number of fused-ring (bicyclic) bond motifs is 7. The van der Waals surface area contributed by atoms with Gasteiger partial charge in [0.25, 0.3) is 0 Å². The largest absolute Gasteiger partial charge is 0.359 e. The molecule has 1 N–H and O–H groups in total. The van der Waals surface area contributed by atoms with E-state index in [9.17, 15) is 9.59 Å². The summed E-state index contributed by atoms with van der Waals surface area (Å²) in [5, 5.41) is 2.90. The molecule has 1 fully saturated rings. The first-order chi connectivity index (χ1) is 13.1. The molecule has 4 atom stereocenters. The molecule has 2 aromatic carbocycles. The van der Waals surface area contributed by atoms with E-state index in [-0.39, 0.29) is 23.7 Å². The van der Waals surface area contributed by atoms with Crippen LogP contribution in [0, 0.1) is 5.41 Å². The van der Waals surface area contributed by atoms with Crippen LogP contribution in [0.3, 0.4) is 0 Å². The summed E-state index contributed by atoms with van der Waals surface area (Å²) in [4.78, 5) is 29.2. The van der Waals surface area contributed by atoms with Crippen LogP contribution in [0.4, 0.5) is 0 Å². The van der Waals surface area contributed by atoms with Gasteiger partial charge in [0, 0.05) is 32.0 Å². The fraction of sp³-hybridized carbons (Fsp3) is 0.391. The minimum absolute atomic E-state index is 0.00888. The molecule has 3 aliphatic carbocycles. The number of likely N-dealkylation sites (N-methyl/N-ethyl adjacent to an activating group) is 1. The van der Waals surface area contributed by atoms with Crippen molar-refractivity contribution in [2.75, 3.05) is 20.1 Å². The molecule has 4 heteroatoms. The number of carbonyl (C=O) groups is 2. The Bertz CT molecular complexity index is 980. The van der Waals surface area contributed by atoms with E-state index in [0.717, 1.165) is 11.1 Å². The summed E-state index contributed by atoms with van der Waals surface area (Å²) >= 11 is 0. The molecule has 1 saturated carbocycles. The second kappa shape index (κ2) is 5.22. The van der Waals surface area contributed by atoms with Crippen molar-refractivity contribution >= 4 is 11.8 Å². The SMILES string of the molecule is CCN(CC)C(=O)C12c3ccccc3C3c4ccccc4C1C32C(=O)NC. The smallest absolute Gasteiger partial charge is 0.235 e. The molecule has 138 valence electrons. The number of hydrogen-bond donors (Lipinski definition) is 1. The van der Waals surface area contributed by atoms with Gasteiger partial charge in [-0.3, -0.25) is 9.59 Å². The minimum Gasteiger partial charge on any atom is -0.359 e. The van der Waals surface area contributed by atoms with Crippen molar-refractivity contribution in [2.24, 2.45) is 5.41 Å². The second-order valence-electron chi connectivity index (χ2n) is 7.82. The zero-order valence-electron chi connectivity index (χ0n) is 16.0. The van der Waals surface area contributed by atoms with Crippen LogP contribution >= 0.6 is 0 Å². The summed E-state index contributed by atoms with van der Waals surface area (Å²) in [5.74, 6) is -0.0283. The fourth-order valence-corrected chi connectivity index (χ4v) is 6.37. The van der Waals surface area contributed by atoms with Crippen LogP contribution < -0.4 is 5.32 Å². The third-order valence-corrected chi connectivity index (χ3v) is 7.22. The van der Waals surface area contributed by atoms with E-state index in [1.807, 2.05) is 43.0 Å². The number of hydrogen-bond acceptors (Lipinski definition) is 2. The molecule has 0 aromatic heterocycles. The summed E-state index contributed by atoms with van der Waals surface area (Å²) < 4.78 is 0.